The molecule has 0 aliphatic heterocycles. The SMILES string of the molecule is COC(=O)Cn1c(CCNC(=O)c2ccc(OC)cc2)nc2ccccc21. The summed E-state index contributed by atoms with van der Waals surface area (Å²) in [6.45, 7) is 0.480. The summed E-state index contributed by atoms with van der Waals surface area (Å²) in [6.07, 6.45) is 0.494. The fraction of sp³-hybridized carbons (Fsp3) is 0.250. The minimum Gasteiger partial charge on any atom is -0.497 e. The Morgan fingerprint density at radius 3 is 2.52 bits per heavy atom. The molecule has 0 radical (unpaired) electrons. The van der Waals surface area contributed by atoms with Gasteiger partial charge in [-0.05, 0) is 36.4 Å². The molecule has 3 rings (SSSR count). The van der Waals surface area contributed by atoms with E-state index in [0.717, 1.165) is 16.9 Å². The first-order valence-corrected chi connectivity index (χ1v) is 8.55. The molecule has 0 unspecified atom stereocenters. The second-order valence-corrected chi connectivity index (χ2v) is 5.91. The van der Waals surface area contributed by atoms with E-state index in [1.54, 1.807) is 31.4 Å². The maximum atomic E-state index is 12.3. The molecule has 0 atom stereocenters. The van der Waals surface area contributed by atoms with E-state index in [0.29, 0.717) is 24.3 Å². The van der Waals surface area contributed by atoms with Crippen LogP contribution in [0.3, 0.4) is 0 Å². The topological polar surface area (TPSA) is 82.5 Å². The number of esters is 1. The van der Waals surface area contributed by atoms with Crippen LogP contribution in [0.5, 0.6) is 5.75 Å². The lowest BCUT2D eigenvalue weighted by atomic mass is 10.2. The number of ether oxygens (including phenoxy) is 2. The number of hydrogen-bond donors (Lipinski definition) is 1. The van der Waals surface area contributed by atoms with Crippen molar-refractivity contribution in [3.8, 4) is 5.75 Å². The number of nitrogens with one attached hydrogen (secondary N) is 1. The number of fused-ring (bicyclic) bond motifs is 1. The molecule has 0 fully saturated rings. The van der Waals surface area contributed by atoms with E-state index in [1.165, 1.54) is 7.11 Å². The molecule has 1 heterocycles. The quantitative estimate of drug-likeness (QED) is 0.647. The van der Waals surface area contributed by atoms with E-state index in [1.807, 2.05) is 28.8 Å². The Kier molecular flexibility index (Phi) is 5.71. The van der Waals surface area contributed by atoms with Gasteiger partial charge in [0.15, 0.2) is 0 Å². The van der Waals surface area contributed by atoms with E-state index in [4.69, 9.17) is 9.47 Å². The van der Waals surface area contributed by atoms with Crippen LogP contribution in [-0.2, 0) is 22.5 Å². The number of aromatic nitrogens is 2. The van der Waals surface area contributed by atoms with Gasteiger partial charge < -0.3 is 19.4 Å². The normalized spacial score (nSPS) is 10.6. The van der Waals surface area contributed by atoms with Gasteiger partial charge in [-0.3, -0.25) is 9.59 Å². The van der Waals surface area contributed by atoms with Crippen molar-refractivity contribution in [2.75, 3.05) is 20.8 Å². The predicted molar refractivity (Wildman–Crippen MR) is 101 cm³/mol. The Labute approximate surface area is 156 Å². The first-order valence-electron chi connectivity index (χ1n) is 8.55. The number of nitrogens with zero attached hydrogens (tertiary/aromatic N) is 2. The van der Waals surface area contributed by atoms with Gasteiger partial charge in [-0.25, -0.2) is 4.98 Å². The summed E-state index contributed by atoms with van der Waals surface area (Å²) in [7, 11) is 2.94. The highest BCUT2D eigenvalue weighted by Gasteiger charge is 2.14. The summed E-state index contributed by atoms with van der Waals surface area (Å²) in [4.78, 5) is 28.6. The van der Waals surface area contributed by atoms with Crippen molar-refractivity contribution in [2.45, 2.75) is 13.0 Å². The largest absolute Gasteiger partial charge is 0.497 e. The Balaban J connectivity index is 1.69. The van der Waals surface area contributed by atoms with Gasteiger partial charge in [-0.15, -0.1) is 0 Å². The molecule has 140 valence electrons. The highest BCUT2D eigenvalue weighted by Crippen LogP contribution is 2.16. The molecular weight excluding hydrogens is 346 g/mol. The number of para-hydroxylation sites is 2. The van der Waals surface area contributed by atoms with Gasteiger partial charge >= 0.3 is 5.97 Å². The van der Waals surface area contributed by atoms with Crippen LogP contribution in [0.4, 0.5) is 0 Å². The van der Waals surface area contributed by atoms with Crippen molar-refractivity contribution in [1.29, 1.82) is 0 Å². The van der Waals surface area contributed by atoms with Crippen LogP contribution < -0.4 is 10.1 Å². The fourth-order valence-corrected chi connectivity index (χ4v) is 2.82. The standard InChI is InChI=1S/C20H21N3O4/c1-26-15-9-7-14(8-10-15)20(25)21-12-11-18-22-16-5-3-4-6-17(16)23(18)13-19(24)27-2/h3-10H,11-13H2,1-2H3,(H,21,25). The Bertz CT molecular complexity index is 948. The van der Waals surface area contributed by atoms with E-state index >= 15 is 0 Å². The summed E-state index contributed by atoms with van der Waals surface area (Å²) in [5, 5.41) is 2.87. The minimum absolute atomic E-state index is 0.0821. The van der Waals surface area contributed by atoms with E-state index in [-0.39, 0.29) is 18.4 Å². The molecule has 0 aliphatic carbocycles. The zero-order valence-corrected chi connectivity index (χ0v) is 15.3. The molecule has 0 aliphatic rings. The van der Waals surface area contributed by atoms with Crippen LogP contribution in [0.25, 0.3) is 11.0 Å². The number of hydrogen-bond acceptors (Lipinski definition) is 5. The fourth-order valence-electron chi connectivity index (χ4n) is 2.82. The zero-order chi connectivity index (χ0) is 19.2. The average Bonchev–Trinajstić information content (AvgIpc) is 3.05. The third-order valence-electron chi connectivity index (χ3n) is 4.23. The van der Waals surface area contributed by atoms with Gasteiger partial charge in [-0.1, -0.05) is 12.1 Å². The molecule has 3 aromatic rings. The Hall–Kier alpha value is -3.35. The molecular formula is C20H21N3O4. The van der Waals surface area contributed by atoms with Crippen molar-refractivity contribution in [1.82, 2.24) is 14.9 Å². The molecule has 0 spiro atoms. The highest BCUT2D eigenvalue weighted by molar-refractivity contribution is 5.94. The number of imidazole rings is 1. The van der Waals surface area contributed by atoms with Gasteiger partial charge in [-0.2, -0.15) is 0 Å². The monoisotopic (exact) mass is 367 g/mol. The van der Waals surface area contributed by atoms with Crippen LogP contribution in [0.1, 0.15) is 16.2 Å². The lowest BCUT2D eigenvalue weighted by Crippen LogP contribution is -2.26. The number of carbonyl (C=O) groups excluding carboxylic acids is 2. The molecule has 1 aromatic heterocycles. The van der Waals surface area contributed by atoms with Crippen molar-refractivity contribution >= 4 is 22.9 Å². The third kappa shape index (κ3) is 4.25. The lowest BCUT2D eigenvalue weighted by Gasteiger charge is -2.09. The molecule has 0 saturated carbocycles. The van der Waals surface area contributed by atoms with Crippen molar-refractivity contribution in [3.05, 3.63) is 59.9 Å². The second kappa shape index (κ2) is 8.35. The lowest BCUT2D eigenvalue weighted by molar-refractivity contribution is -0.141. The van der Waals surface area contributed by atoms with Crippen molar-refractivity contribution in [2.24, 2.45) is 0 Å². The van der Waals surface area contributed by atoms with Crippen LogP contribution in [0.2, 0.25) is 0 Å². The molecule has 2 aromatic carbocycles. The average molecular weight is 367 g/mol. The third-order valence-corrected chi connectivity index (χ3v) is 4.23. The summed E-state index contributed by atoms with van der Waals surface area (Å²) < 4.78 is 11.7. The zero-order valence-electron chi connectivity index (χ0n) is 15.3. The van der Waals surface area contributed by atoms with Gasteiger partial charge in [0.05, 0.1) is 25.3 Å². The summed E-state index contributed by atoms with van der Waals surface area (Å²) in [5.41, 5.74) is 2.22. The van der Waals surface area contributed by atoms with E-state index in [2.05, 4.69) is 10.3 Å². The molecule has 7 nitrogen and oxygen atoms in total. The van der Waals surface area contributed by atoms with Crippen LogP contribution in [0.15, 0.2) is 48.5 Å². The maximum Gasteiger partial charge on any atom is 0.325 e. The molecule has 0 bridgehead atoms. The summed E-state index contributed by atoms with van der Waals surface area (Å²) >= 11 is 0. The first-order chi connectivity index (χ1) is 13.1. The second-order valence-electron chi connectivity index (χ2n) is 5.91. The predicted octanol–water partition coefficient (Wildman–Crippen LogP) is 2.19. The minimum atomic E-state index is -0.346. The van der Waals surface area contributed by atoms with E-state index in [9.17, 15) is 9.59 Å². The molecule has 0 saturated heterocycles. The summed E-state index contributed by atoms with van der Waals surface area (Å²) in [5.74, 6) is 0.898. The molecule has 1 N–H and O–H groups in total. The number of carbonyl (C=O) groups is 2. The number of amides is 1. The molecule has 7 heteroatoms. The Morgan fingerprint density at radius 1 is 1.07 bits per heavy atom. The van der Waals surface area contributed by atoms with Gasteiger partial charge in [0, 0.05) is 18.5 Å². The summed E-state index contributed by atoms with van der Waals surface area (Å²) in [6, 6.07) is 14.5. The van der Waals surface area contributed by atoms with Gasteiger partial charge in [0.1, 0.15) is 18.1 Å². The van der Waals surface area contributed by atoms with Crippen LogP contribution >= 0.6 is 0 Å². The number of rotatable bonds is 7. The van der Waals surface area contributed by atoms with Crippen LogP contribution in [-0.4, -0.2) is 42.2 Å². The first kappa shape index (κ1) is 18.4. The van der Waals surface area contributed by atoms with E-state index < -0.39 is 0 Å². The van der Waals surface area contributed by atoms with Crippen molar-refractivity contribution < 1.29 is 19.1 Å². The maximum absolute atomic E-state index is 12.3. The Morgan fingerprint density at radius 2 is 1.81 bits per heavy atom. The highest BCUT2D eigenvalue weighted by atomic mass is 16.5. The number of benzene rings is 2. The van der Waals surface area contributed by atoms with Crippen LogP contribution in [0, 0.1) is 0 Å². The molecule has 27 heavy (non-hydrogen) atoms. The number of methoxy groups -OCH3 is 2. The van der Waals surface area contributed by atoms with Gasteiger partial charge in [0.25, 0.3) is 5.91 Å². The smallest absolute Gasteiger partial charge is 0.325 e. The van der Waals surface area contributed by atoms with Crippen molar-refractivity contribution in [3.63, 3.8) is 0 Å². The van der Waals surface area contributed by atoms with Gasteiger partial charge in [0.2, 0.25) is 0 Å². The molecule has 1 amide bonds.